The molecule has 0 saturated carbocycles. The maximum Gasteiger partial charge on any atom is 0.266 e. The Morgan fingerprint density at radius 1 is 1.44 bits per heavy atom. The number of hydrogen-bond acceptors (Lipinski definition) is 3. The summed E-state index contributed by atoms with van der Waals surface area (Å²) in [7, 11) is 5.39. The minimum Gasteiger partial charge on any atom is -0.351 e. The van der Waals surface area contributed by atoms with Crippen molar-refractivity contribution in [3.05, 3.63) is 28.9 Å². The van der Waals surface area contributed by atoms with E-state index in [9.17, 15) is 4.79 Å². The minimum atomic E-state index is 0.00630. The van der Waals surface area contributed by atoms with Crippen molar-refractivity contribution in [1.82, 2.24) is 9.47 Å². The van der Waals surface area contributed by atoms with Crippen LogP contribution >= 0.6 is 11.8 Å². The van der Waals surface area contributed by atoms with Crippen LogP contribution in [0.3, 0.4) is 0 Å². The molecule has 0 radical (unpaired) electrons. The molecule has 1 aliphatic rings. The van der Waals surface area contributed by atoms with Gasteiger partial charge in [-0.25, -0.2) is 0 Å². The monoisotopic (exact) mass is 235 g/mol. The number of carbonyl (C=O) groups excluding carboxylic acids is 1. The molecule has 2 heterocycles. The molecule has 0 aliphatic carbocycles. The van der Waals surface area contributed by atoms with E-state index in [-0.39, 0.29) is 5.91 Å². The summed E-state index contributed by atoms with van der Waals surface area (Å²) in [6.45, 7) is 0. The fourth-order valence-corrected chi connectivity index (χ4v) is 2.42. The van der Waals surface area contributed by atoms with Gasteiger partial charge in [0.2, 0.25) is 0 Å². The first-order chi connectivity index (χ1) is 7.63. The van der Waals surface area contributed by atoms with Gasteiger partial charge in [0.15, 0.2) is 5.17 Å². The first-order valence-corrected chi connectivity index (χ1v) is 5.71. The van der Waals surface area contributed by atoms with Gasteiger partial charge in [0.05, 0.1) is 4.91 Å². The summed E-state index contributed by atoms with van der Waals surface area (Å²) in [5.74, 6) is 0.00630. The molecule has 1 fully saturated rings. The number of thioether (sulfide) groups is 1. The van der Waals surface area contributed by atoms with E-state index in [4.69, 9.17) is 0 Å². The van der Waals surface area contributed by atoms with E-state index in [1.807, 2.05) is 36.0 Å². The highest BCUT2D eigenvalue weighted by atomic mass is 32.2. The molecule has 0 aromatic carbocycles. The van der Waals surface area contributed by atoms with Crippen LogP contribution in [0.4, 0.5) is 0 Å². The fourth-order valence-electron chi connectivity index (χ4n) is 1.51. The molecule has 0 unspecified atom stereocenters. The van der Waals surface area contributed by atoms with Gasteiger partial charge in [0.25, 0.3) is 5.91 Å². The molecule has 0 atom stereocenters. The number of aliphatic imine (C=N–C) groups is 1. The lowest BCUT2D eigenvalue weighted by molar-refractivity contribution is -0.121. The van der Waals surface area contributed by atoms with Crippen LogP contribution in [0, 0.1) is 0 Å². The summed E-state index contributed by atoms with van der Waals surface area (Å²) in [6.07, 6.45) is 3.84. The van der Waals surface area contributed by atoms with E-state index in [1.165, 1.54) is 11.8 Å². The zero-order chi connectivity index (χ0) is 11.7. The lowest BCUT2D eigenvalue weighted by Gasteiger charge is -2.05. The molecule has 1 aromatic rings. The van der Waals surface area contributed by atoms with Gasteiger partial charge in [-0.2, -0.15) is 0 Å². The van der Waals surface area contributed by atoms with Gasteiger partial charge in [-0.05, 0) is 30.0 Å². The van der Waals surface area contributed by atoms with Crippen LogP contribution in [0.5, 0.6) is 0 Å². The van der Waals surface area contributed by atoms with Crippen molar-refractivity contribution in [2.45, 2.75) is 0 Å². The Labute approximate surface area is 98.6 Å². The molecule has 1 aromatic heterocycles. The Balaban J connectivity index is 2.34. The Bertz CT molecular complexity index is 487. The number of nitrogens with zero attached hydrogens (tertiary/aromatic N) is 3. The zero-order valence-corrected chi connectivity index (χ0v) is 10.3. The number of carbonyl (C=O) groups is 1. The summed E-state index contributed by atoms with van der Waals surface area (Å²) in [4.78, 5) is 18.2. The van der Waals surface area contributed by atoms with Gasteiger partial charge in [0, 0.05) is 33.0 Å². The predicted octanol–water partition coefficient (Wildman–Crippen LogP) is 1.56. The summed E-state index contributed by atoms with van der Waals surface area (Å²) < 4.78 is 1.97. The van der Waals surface area contributed by atoms with Crippen molar-refractivity contribution >= 4 is 28.9 Å². The van der Waals surface area contributed by atoms with E-state index >= 15 is 0 Å². The van der Waals surface area contributed by atoms with Crippen molar-refractivity contribution in [2.24, 2.45) is 12.0 Å². The molecule has 84 valence electrons. The quantitative estimate of drug-likeness (QED) is 0.693. The van der Waals surface area contributed by atoms with Crippen LogP contribution in [-0.2, 0) is 11.8 Å². The summed E-state index contributed by atoms with van der Waals surface area (Å²) >= 11 is 1.41. The van der Waals surface area contributed by atoms with Crippen LogP contribution in [0.2, 0.25) is 0 Å². The second kappa shape index (κ2) is 4.17. The number of amidine groups is 1. The topological polar surface area (TPSA) is 37.6 Å². The molecule has 1 amide bonds. The third-order valence-electron chi connectivity index (χ3n) is 2.46. The van der Waals surface area contributed by atoms with Gasteiger partial charge in [0.1, 0.15) is 0 Å². The van der Waals surface area contributed by atoms with Crippen LogP contribution in [-0.4, -0.2) is 34.6 Å². The Morgan fingerprint density at radius 3 is 2.69 bits per heavy atom. The lowest BCUT2D eigenvalue weighted by atomic mass is 10.3. The lowest BCUT2D eigenvalue weighted by Crippen LogP contribution is -2.23. The average Bonchev–Trinajstić information content (AvgIpc) is 2.78. The molecule has 4 nitrogen and oxygen atoms in total. The highest BCUT2D eigenvalue weighted by molar-refractivity contribution is 8.18. The van der Waals surface area contributed by atoms with Crippen molar-refractivity contribution in [1.29, 1.82) is 0 Å². The van der Waals surface area contributed by atoms with Crippen LogP contribution in [0.25, 0.3) is 6.08 Å². The summed E-state index contributed by atoms with van der Waals surface area (Å²) in [6, 6.07) is 3.93. The van der Waals surface area contributed by atoms with Crippen molar-refractivity contribution < 1.29 is 4.79 Å². The number of aromatic nitrogens is 1. The van der Waals surface area contributed by atoms with Crippen molar-refractivity contribution in [3.63, 3.8) is 0 Å². The summed E-state index contributed by atoms with van der Waals surface area (Å²) in [5.41, 5.74) is 1.02. The van der Waals surface area contributed by atoms with E-state index in [0.29, 0.717) is 4.91 Å². The van der Waals surface area contributed by atoms with Gasteiger partial charge < -0.3 is 4.57 Å². The first kappa shape index (κ1) is 11.0. The molecule has 1 aliphatic heterocycles. The molecule has 5 heteroatoms. The molecule has 0 N–H and O–H groups in total. The zero-order valence-electron chi connectivity index (χ0n) is 9.47. The number of amides is 1. The molecule has 0 spiro atoms. The van der Waals surface area contributed by atoms with Gasteiger partial charge in [-0.3, -0.25) is 14.7 Å². The van der Waals surface area contributed by atoms with E-state index < -0.39 is 0 Å². The molecule has 1 saturated heterocycles. The molecule has 0 bridgehead atoms. The van der Waals surface area contributed by atoms with Crippen LogP contribution in [0.1, 0.15) is 5.69 Å². The Kier molecular flexibility index (Phi) is 2.87. The maximum absolute atomic E-state index is 11.9. The second-order valence-corrected chi connectivity index (χ2v) is 4.53. The Morgan fingerprint density at radius 2 is 2.19 bits per heavy atom. The fraction of sp³-hybridized carbons (Fsp3) is 0.273. The van der Waals surface area contributed by atoms with Gasteiger partial charge in [-0.15, -0.1) is 0 Å². The van der Waals surface area contributed by atoms with Gasteiger partial charge >= 0.3 is 0 Å². The van der Waals surface area contributed by atoms with Crippen LogP contribution in [0.15, 0.2) is 28.2 Å². The molecular formula is C11H13N3OS. The minimum absolute atomic E-state index is 0.00630. The third-order valence-corrected chi connectivity index (χ3v) is 3.61. The molecular weight excluding hydrogens is 222 g/mol. The first-order valence-electron chi connectivity index (χ1n) is 4.89. The van der Waals surface area contributed by atoms with E-state index in [0.717, 1.165) is 10.9 Å². The van der Waals surface area contributed by atoms with Gasteiger partial charge in [-0.1, -0.05) is 0 Å². The normalized spacial score (nSPS) is 21.4. The standard InChI is InChI=1S/C11H13N3OS/c1-12-11-14(3)10(15)9(16-11)7-8-5-4-6-13(8)2/h4-7H,1-3H3/b9-7-,12-11?. The number of likely N-dealkylation sites (N-methyl/N-ethyl adjacent to an activating group) is 1. The SMILES string of the molecule is CN=C1S/C(=C\c2cccn2C)C(=O)N1C. The predicted molar refractivity (Wildman–Crippen MR) is 67.1 cm³/mol. The number of aryl methyl sites for hydroxylation is 1. The average molecular weight is 235 g/mol. The van der Waals surface area contributed by atoms with Crippen LogP contribution < -0.4 is 0 Å². The molecule has 2 rings (SSSR count). The highest BCUT2D eigenvalue weighted by Gasteiger charge is 2.29. The van der Waals surface area contributed by atoms with Crippen molar-refractivity contribution in [3.8, 4) is 0 Å². The highest BCUT2D eigenvalue weighted by Crippen LogP contribution is 2.30. The number of rotatable bonds is 1. The number of hydrogen-bond donors (Lipinski definition) is 0. The smallest absolute Gasteiger partial charge is 0.266 e. The maximum atomic E-state index is 11.9. The molecule has 16 heavy (non-hydrogen) atoms. The largest absolute Gasteiger partial charge is 0.351 e. The van der Waals surface area contributed by atoms with E-state index in [2.05, 4.69) is 4.99 Å². The van der Waals surface area contributed by atoms with Crippen molar-refractivity contribution in [2.75, 3.05) is 14.1 Å². The second-order valence-electron chi connectivity index (χ2n) is 3.52. The third kappa shape index (κ3) is 1.78. The van der Waals surface area contributed by atoms with E-state index in [1.54, 1.807) is 19.0 Å². The Hall–Kier alpha value is -1.49. The summed E-state index contributed by atoms with van der Waals surface area (Å²) in [5, 5.41) is 0.741.